The van der Waals surface area contributed by atoms with Gasteiger partial charge in [0, 0.05) is 7.05 Å². The number of aryl methyl sites for hydroxylation is 2. The summed E-state index contributed by atoms with van der Waals surface area (Å²) in [5, 5.41) is 3.16. The molecule has 2 aromatic carbocycles. The minimum absolute atomic E-state index is 0.0573. The van der Waals surface area contributed by atoms with Crippen LogP contribution in [-0.2, 0) is 27.7 Å². The van der Waals surface area contributed by atoms with E-state index in [0.717, 1.165) is 31.1 Å². The van der Waals surface area contributed by atoms with Crippen LogP contribution in [-0.4, -0.2) is 33.7 Å². The van der Waals surface area contributed by atoms with Crippen LogP contribution in [0.15, 0.2) is 42.5 Å². The number of fused-ring (bicyclic) bond motifs is 1. The molecule has 0 bridgehead atoms. The zero-order valence-electron chi connectivity index (χ0n) is 19.4. The topological polar surface area (TPSA) is 75.7 Å². The second-order valence-electron chi connectivity index (χ2n) is 8.44. The molecule has 7 heteroatoms. The highest BCUT2D eigenvalue weighted by Crippen LogP contribution is 2.27. The van der Waals surface area contributed by atoms with Crippen LogP contribution in [0.5, 0.6) is 5.75 Å². The lowest BCUT2D eigenvalue weighted by molar-refractivity contribution is -0.128. The van der Waals surface area contributed by atoms with E-state index in [0.29, 0.717) is 17.9 Å². The van der Waals surface area contributed by atoms with Crippen molar-refractivity contribution in [2.75, 3.05) is 17.6 Å². The normalized spacial score (nSPS) is 15.4. The molecule has 2 atom stereocenters. The maximum absolute atomic E-state index is 13.0. The van der Waals surface area contributed by atoms with Gasteiger partial charge in [-0.15, -0.1) is 0 Å². The van der Waals surface area contributed by atoms with Crippen LogP contribution < -0.4 is 14.4 Å². The zero-order chi connectivity index (χ0) is 23.3. The van der Waals surface area contributed by atoms with Gasteiger partial charge in [0.1, 0.15) is 5.75 Å². The molecule has 174 valence electrons. The number of hydrogen-bond acceptors (Lipinski definition) is 4. The first-order valence-electron chi connectivity index (χ1n) is 11.4. The number of carbonyl (C=O) groups excluding carboxylic acids is 1. The van der Waals surface area contributed by atoms with Crippen molar-refractivity contribution in [2.24, 2.45) is 0 Å². The standard InChI is InChI=1S/C25H34N2O4S/c1-5-23(20-12-11-18-9-7-8-10-19(18)17-20)26-25(28)24(6-2)31-22-15-13-21(14-16-22)27(3)32(4,29)30/h11-17,23-24H,5-10H2,1-4H3,(H,26,28). The monoisotopic (exact) mass is 458 g/mol. The number of rotatable bonds is 9. The Morgan fingerprint density at radius 3 is 2.28 bits per heavy atom. The fraction of sp³-hybridized carbons (Fsp3) is 0.480. The summed E-state index contributed by atoms with van der Waals surface area (Å²) in [4.78, 5) is 13.0. The number of hydrogen-bond donors (Lipinski definition) is 1. The van der Waals surface area contributed by atoms with Crippen molar-refractivity contribution in [3.63, 3.8) is 0 Å². The lowest BCUT2D eigenvalue weighted by Crippen LogP contribution is -2.40. The summed E-state index contributed by atoms with van der Waals surface area (Å²) in [7, 11) is -1.83. The molecule has 0 radical (unpaired) electrons. The van der Waals surface area contributed by atoms with Crippen LogP contribution >= 0.6 is 0 Å². The van der Waals surface area contributed by atoms with E-state index in [2.05, 4.69) is 30.4 Å². The van der Waals surface area contributed by atoms with Crippen molar-refractivity contribution in [3.8, 4) is 5.75 Å². The van der Waals surface area contributed by atoms with Crippen molar-refractivity contribution in [1.29, 1.82) is 0 Å². The van der Waals surface area contributed by atoms with Crippen LogP contribution in [0.25, 0.3) is 0 Å². The Kier molecular flexibility index (Phi) is 7.82. The van der Waals surface area contributed by atoms with Crippen molar-refractivity contribution in [3.05, 3.63) is 59.2 Å². The molecule has 1 N–H and O–H groups in total. The quantitative estimate of drug-likeness (QED) is 0.605. The average Bonchev–Trinajstić information content (AvgIpc) is 2.79. The fourth-order valence-corrected chi connectivity index (χ4v) is 4.57. The number of sulfonamides is 1. The minimum atomic E-state index is -3.33. The van der Waals surface area contributed by atoms with Crippen molar-refractivity contribution in [1.82, 2.24) is 5.32 Å². The van der Waals surface area contributed by atoms with Gasteiger partial charge < -0.3 is 10.1 Å². The van der Waals surface area contributed by atoms with E-state index in [9.17, 15) is 13.2 Å². The van der Waals surface area contributed by atoms with E-state index >= 15 is 0 Å². The molecular weight excluding hydrogens is 424 g/mol. The van der Waals surface area contributed by atoms with Crippen molar-refractivity contribution < 1.29 is 17.9 Å². The van der Waals surface area contributed by atoms with E-state index in [-0.39, 0.29) is 11.9 Å². The molecule has 1 aliphatic rings. The molecular formula is C25H34N2O4S. The van der Waals surface area contributed by atoms with Crippen molar-refractivity contribution in [2.45, 2.75) is 64.5 Å². The average molecular weight is 459 g/mol. The summed E-state index contributed by atoms with van der Waals surface area (Å²) >= 11 is 0. The Hall–Kier alpha value is -2.54. The van der Waals surface area contributed by atoms with Gasteiger partial charge in [0.05, 0.1) is 18.0 Å². The number of nitrogens with one attached hydrogen (secondary N) is 1. The number of ether oxygens (including phenoxy) is 1. The molecule has 32 heavy (non-hydrogen) atoms. The molecule has 0 fully saturated rings. The molecule has 0 saturated carbocycles. The Balaban J connectivity index is 1.67. The minimum Gasteiger partial charge on any atom is -0.481 e. The smallest absolute Gasteiger partial charge is 0.261 e. The van der Waals surface area contributed by atoms with Gasteiger partial charge in [0.25, 0.3) is 5.91 Å². The fourth-order valence-electron chi connectivity index (χ4n) is 4.07. The summed E-state index contributed by atoms with van der Waals surface area (Å²) in [6.07, 6.45) is 6.58. The first-order valence-corrected chi connectivity index (χ1v) is 13.2. The van der Waals surface area contributed by atoms with E-state index in [4.69, 9.17) is 4.74 Å². The molecule has 0 aromatic heterocycles. The first-order chi connectivity index (χ1) is 15.2. The Labute approximate surface area is 192 Å². The second kappa shape index (κ2) is 10.4. The van der Waals surface area contributed by atoms with Gasteiger partial charge in [0.2, 0.25) is 10.0 Å². The van der Waals surface area contributed by atoms with Crippen LogP contribution in [0.4, 0.5) is 5.69 Å². The zero-order valence-corrected chi connectivity index (χ0v) is 20.2. The van der Waals surface area contributed by atoms with Gasteiger partial charge in [0.15, 0.2) is 6.10 Å². The molecule has 1 amide bonds. The second-order valence-corrected chi connectivity index (χ2v) is 10.5. The Morgan fingerprint density at radius 1 is 1.03 bits per heavy atom. The third-order valence-electron chi connectivity index (χ3n) is 6.14. The van der Waals surface area contributed by atoms with Gasteiger partial charge in [-0.2, -0.15) is 0 Å². The molecule has 6 nitrogen and oxygen atoms in total. The van der Waals surface area contributed by atoms with Crippen LogP contribution in [0.2, 0.25) is 0 Å². The van der Waals surface area contributed by atoms with Gasteiger partial charge in [-0.1, -0.05) is 32.0 Å². The molecule has 0 saturated heterocycles. The number of carbonyl (C=O) groups is 1. The number of benzene rings is 2. The van der Waals surface area contributed by atoms with Gasteiger partial charge in [-0.25, -0.2) is 8.42 Å². The predicted molar refractivity (Wildman–Crippen MR) is 129 cm³/mol. The summed E-state index contributed by atoms with van der Waals surface area (Å²) in [6.45, 7) is 3.99. The first kappa shape index (κ1) is 24.1. The summed E-state index contributed by atoms with van der Waals surface area (Å²) in [5.41, 5.74) is 4.52. The highest BCUT2D eigenvalue weighted by atomic mass is 32.2. The van der Waals surface area contributed by atoms with E-state index < -0.39 is 16.1 Å². The lowest BCUT2D eigenvalue weighted by atomic mass is 9.88. The third-order valence-corrected chi connectivity index (χ3v) is 7.34. The SMILES string of the molecule is CCC(Oc1ccc(N(C)S(C)(=O)=O)cc1)C(=O)NC(CC)c1ccc2c(c1)CCCC2. The number of anilines is 1. The number of nitrogens with zero attached hydrogens (tertiary/aromatic N) is 1. The summed E-state index contributed by atoms with van der Waals surface area (Å²) < 4.78 is 30.5. The Morgan fingerprint density at radius 2 is 1.69 bits per heavy atom. The van der Waals surface area contributed by atoms with Gasteiger partial charge in [-0.05, 0) is 79.5 Å². The maximum Gasteiger partial charge on any atom is 0.261 e. The molecule has 0 aliphatic heterocycles. The van der Waals surface area contributed by atoms with Gasteiger partial charge in [-0.3, -0.25) is 9.10 Å². The highest BCUT2D eigenvalue weighted by molar-refractivity contribution is 7.92. The molecule has 0 spiro atoms. The number of amides is 1. The van der Waals surface area contributed by atoms with Gasteiger partial charge >= 0.3 is 0 Å². The molecule has 0 heterocycles. The molecule has 3 rings (SSSR count). The van der Waals surface area contributed by atoms with E-state index in [1.807, 2.05) is 6.92 Å². The Bertz CT molecular complexity index is 1030. The largest absolute Gasteiger partial charge is 0.481 e. The summed E-state index contributed by atoms with van der Waals surface area (Å²) in [5.74, 6) is 0.383. The maximum atomic E-state index is 13.0. The lowest BCUT2D eigenvalue weighted by Gasteiger charge is -2.24. The molecule has 1 aliphatic carbocycles. The van der Waals surface area contributed by atoms with Crippen molar-refractivity contribution >= 4 is 21.6 Å². The highest BCUT2D eigenvalue weighted by Gasteiger charge is 2.23. The summed E-state index contributed by atoms with van der Waals surface area (Å²) in [6, 6.07) is 13.3. The van der Waals surface area contributed by atoms with Crippen LogP contribution in [0, 0.1) is 0 Å². The molecule has 2 aromatic rings. The predicted octanol–water partition coefficient (Wildman–Crippen LogP) is 4.39. The molecule has 2 unspecified atom stereocenters. The van der Waals surface area contributed by atoms with Crippen LogP contribution in [0.3, 0.4) is 0 Å². The third kappa shape index (κ3) is 5.82. The van der Waals surface area contributed by atoms with E-state index in [1.54, 1.807) is 24.3 Å². The van der Waals surface area contributed by atoms with Crippen LogP contribution in [0.1, 0.15) is 62.3 Å². The van der Waals surface area contributed by atoms with E-state index in [1.165, 1.54) is 35.3 Å².